The number of hydrogen-bond donors (Lipinski definition) is 2. The predicted octanol–water partition coefficient (Wildman–Crippen LogP) is 2.29. The lowest BCUT2D eigenvalue weighted by molar-refractivity contribution is -0.161. The summed E-state index contributed by atoms with van der Waals surface area (Å²) in [6, 6.07) is 6.81. The molecule has 0 amide bonds. The smallest absolute Gasteiger partial charge is 0.321 e. The molecule has 5 nitrogen and oxygen atoms in total. The number of carboxylic acid groups (broad SMARTS) is 1. The van der Waals surface area contributed by atoms with E-state index in [1.165, 1.54) is 0 Å². The summed E-state index contributed by atoms with van der Waals surface area (Å²) in [5, 5.41) is 20.6. The number of carbonyl (C=O) groups excluding carboxylic acids is 1. The van der Waals surface area contributed by atoms with E-state index in [1.54, 1.807) is 12.1 Å². The Morgan fingerprint density at radius 1 is 1.21 bits per heavy atom. The van der Waals surface area contributed by atoms with E-state index < -0.39 is 29.3 Å². The molecular weight excluding hydrogens is 306 g/mol. The summed E-state index contributed by atoms with van der Waals surface area (Å²) < 4.78 is 0. The summed E-state index contributed by atoms with van der Waals surface area (Å²) in [6.07, 6.45) is 0.628. The van der Waals surface area contributed by atoms with Crippen molar-refractivity contribution in [3.63, 3.8) is 0 Å². The van der Waals surface area contributed by atoms with Gasteiger partial charge < -0.3 is 10.2 Å². The molecule has 24 heavy (non-hydrogen) atoms. The molecule has 0 saturated carbocycles. The molecule has 0 unspecified atom stereocenters. The molecule has 5 heteroatoms. The van der Waals surface area contributed by atoms with Gasteiger partial charge >= 0.3 is 5.97 Å². The number of rotatable bonds is 4. The first kappa shape index (κ1) is 17.1. The largest absolute Gasteiger partial charge is 0.480 e. The van der Waals surface area contributed by atoms with E-state index >= 15 is 0 Å². The number of aliphatic hydroxyl groups is 1. The molecule has 0 aromatic heterocycles. The van der Waals surface area contributed by atoms with Gasteiger partial charge in [-0.1, -0.05) is 38.1 Å². The number of carboxylic acids is 1. The fourth-order valence-electron chi connectivity index (χ4n) is 4.45. The lowest BCUT2D eigenvalue weighted by Crippen LogP contribution is -2.64. The molecule has 2 bridgehead atoms. The van der Waals surface area contributed by atoms with Crippen LogP contribution in [0.1, 0.15) is 54.9 Å². The van der Waals surface area contributed by atoms with Crippen LogP contribution in [0, 0.1) is 5.41 Å². The molecular formula is C19H25NO4. The predicted molar refractivity (Wildman–Crippen MR) is 90.1 cm³/mol. The second kappa shape index (κ2) is 5.97. The first-order valence-electron chi connectivity index (χ1n) is 8.58. The number of piperidine rings is 1. The zero-order chi connectivity index (χ0) is 17.6. The lowest BCUT2D eigenvalue weighted by Gasteiger charge is -2.46. The van der Waals surface area contributed by atoms with Crippen LogP contribution in [0.25, 0.3) is 0 Å². The Kier molecular flexibility index (Phi) is 4.26. The van der Waals surface area contributed by atoms with Crippen LogP contribution in [0.4, 0.5) is 0 Å². The van der Waals surface area contributed by atoms with Gasteiger partial charge in [-0.25, -0.2) is 0 Å². The molecule has 2 saturated heterocycles. The molecule has 3 rings (SSSR count). The molecule has 2 N–H and O–H groups in total. The van der Waals surface area contributed by atoms with Gasteiger partial charge in [0.05, 0.1) is 6.10 Å². The highest BCUT2D eigenvalue weighted by atomic mass is 16.4. The summed E-state index contributed by atoms with van der Waals surface area (Å²) >= 11 is 0. The highest BCUT2D eigenvalue weighted by molar-refractivity contribution is 6.13. The van der Waals surface area contributed by atoms with Gasteiger partial charge in [-0.3, -0.25) is 14.5 Å². The first-order valence-corrected chi connectivity index (χ1v) is 8.58. The van der Waals surface area contributed by atoms with Gasteiger partial charge in [-0.15, -0.1) is 0 Å². The Morgan fingerprint density at radius 2 is 1.83 bits per heavy atom. The average molecular weight is 331 g/mol. The Morgan fingerprint density at radius 3 is 2.38 bits per heavy atom. The maximum Gasteiger partial charge on any atom is 0.321 e. The van der Waals surface area contributed by atoms with Gasteiger partial charge in [0.2, 0.25) is 0 Å². The zero-order valence-electron chi connectivity index (χ0n) is 14.4. The van der Waals surface area contributed by atoms with Crippen LogP contribution < -0.4 is 0 Å². The minimum absolute atomic E-state index is 0.161. The van der Waals surface area contributed by atoms with Crippen LogP contribution in [0.3, 0.4) is 0 Å². The van der Waals surface area contributed by atoms with Crippen molar-refractivity contribution in [3.05, 3.63) is 35.4 Å². The van der Waals surface area contributed by atoms with E-state index in [0.29, 0.717) is 24.3 Å². The van der Waals surface area contributed by atoms with Crippen molar-refractivity contribution < 1.29 is 19.8 Å². The van der Waals surface area contributed by atoms with Crippen molar-refractivity contribution in [2.75, 3.05) is 7.05 Å². The number of ketones is 1. The molecule has 1 aromatic rings. The Labute approximate surface area is 142 Å². The average Bonchev–Trinajstić information content (AvgIpc) is 2.80. The quantitative estimate of drug-likeness (QED) is 0.654. The lowest BCUT2D eigenvalue weighted by atomic mass is 9.67. The van der Waals surface area contributed by atoms with Gasteiger partial charge in [0.25, 0.3) is 0 Å². The SMILES string of the molecule is CC(C)c1ccc(C(=O)[C@]2(C(=O)O)[C@@H](O)C[C@@H]3CC[C@H]2N3C)cc1. The third-order valence-electron chi connectivity index (χ3n) is 5.96. The van der Waals surface area contributed by atoms with Crippen molar-refractivity contribution in [2.24, 2.45) is 5.41 Å². The minimum atomic E-state index is -1.78. The minimum Gasteiger partial charge on any atom is -0.480 e. The van der Waals surface area contributed by atoms with Crippen LogP contribution in [-0.4, -0.2) is 52.1 Å². The summed E-state index contributed by atoms with van der Waals surface area (Å²) in [5.74, 6) is -1.36. The molecule has 0 spiro atoms. The summed E-state index contributed by atoms with van der Waals surface area (Å²) in [6.45, 7) is 4.13. The number of benzene rings is 1. The third kappa shape index (κ3) is 2.30. The fourth-order valence-corrected chi connectivity index (χ4v) is 4.45. The van der Waals surface area contributed by atoms with Crippen molar-refractivity contribution >= 4 is 11.8 Å². The monoisotopic (exact) mass is 331 g/mol. The van der Waals surface area contributed by atoms with Crippen LogP contribution in [0.15, 0.2) is 24.3 Å². The van der Waals surface area contributed by atoms with Gasteiger partial charge in [0, 0.05) is 17.6 Å². The summed E-state index contributed by atoms with van der Waals surface area (Å²) in [4.78, 5) is 27.4. The van der Waals surface area contributed by atoms with Gasteiger partial charge in [0.1, 0.15) is 0 Å². The molecule has 2 aliphatic rings. The van der Waals surface area contributed by atoms with E-state index in [1.807, 2.05) is 24.1 Å². The number of aliphatic hydroxyl groups excluding tert-OH is 1. The van der Waals surface area contributed by atoms with Crippen molar-refractivity contribution in [3.8, 4) is 0 Å². The van der Waals surface area contributed by atoms with E-state index in [-0.39, 0.29) is 6.04 Å². The Balaban J connectivity index is 2.04. The van der Waals surface area contributed by atoms with Crippen molar-refractivity contribution in [2.45, 2.75) is 57.2 Å². The van der Waals surface area contributed by atoms with Crippen molar-refractivity contribution in [1.29, 1.82) is 0 Å². The second-order valence-electron chi connectivity index (χ2n) is 7.44. The third-order valence-corrected chi connectivity index (χ3v) is 5.96. The zero-order valence-corrected chi connectivity index (χ0v) is 14.4. The normalized spacial score (nSPS) is 33.0. The van der Waals surface area contributed by atoms with Crippen LogP contribution in [0.5, 0.6) is 0 Å². The number of aliphatic carboxylic acids is 1. The summed E-state index contributed by atoms with van der Waals surface area (Å²) in [7, 11) is 1.86. The Bertz CT molecular complexity index is 654. The molecule has 2 heterocycles. The number of hydrogen-bond acceptors (Lipinski definition) is 4. The topological polar surface area (TPSA) is 77.8 Å². The molecule has 2 fully saturated rings. The summed E-state index contributed by atoms with van der Waals surface area (Å²) in [5.41, 5.74) is -0.320. The number of fused-ring (bicyclic) bond motifs is 2. The number of carbonyl (C=O) groups is 2. The van der Waals surface area contributed by atoms with Gasteiger partial charge in [0.15, 0.2) is 11.2 Å². The van der Waals surface area contributed by atoms with Crippen molar-refractivity contribution in [1.82, 2.24) is 4.90 Å². The van der Waals surface area contributed by atoms with E-state index in [2.05, 4.69) is 13.8 Å². The fraction of sp³-hybridized carbons (Fsp3) is 0.579. The maximum absolute atomic E-state index is 13.2. The number of nitrogens with zero attached hydrogens (tertiary/aromatic N) is 1. The molecule has 0 radical (unpaired) electrons. The van der Waals surface area contributed by atoms with E-state index in [9.17, 15) is 19.8 Å². The van der Waals surface area contributed by atoms with Gasteiger partial charge in [-0.2, -0.15) is 0 Å². The maximum atomic E-state index is 13.2. The standard InChI is InChI=1S/C19H25NO4/c1-11(2)12-4-6-13(7-5-12)17(22)19(18(23)24)15-9-8-14(20(15)3)10-16(19)21/h4-7,11,14-16,21H,8-10H2,1-3H3,(H,23,24)/t14-,15+,16-,19+/m0/s1. The van der Waals surface area contributed by atoms with E-state index in [4.69, 9.17) is 0 Å². The van der Waals surface area contributed by atoms with Crippen LogP contribution in [-0.2, 0) is 4.79 Å². The molecule has 2 aliphatic heterocycles. The van der Waals surface area contributed by atoms with Gasteiger partial charge in [-0.05, 0) is 37.8 Å². The molecule has 1 aromatic carbocycles. The second-order valence-corrected chi connectivity index (χ2v) is 7.44. The van der Waals surface area contributed by atoms with Crippen LogP contribution in [0.2, 0.25) is 0 Å². The van der Waals surface area contributed by atoms with Crippen LogP contribution >= 0.6 is 0 Å². The highest BCUT2D eigenvalue weighted by Crippen LogP contribution is 2.48. The molecule has 0 aliphatic carbocycles. The molecule has 4 atom stereocenters. The Hall–Kier alpha value is -1.72. The highest BCUT2D eigenvalue weighted by Gasteiger charge is 2.64. The number of Topliss-reactive ketones (excluding diaryl/α,β-unsaturated/α-hetero) is 1. The van der Waals surface area contributed by atoms with E-state index in [0.717, 1.165) is 12.0 Å². The first-order chi connectivity index (χ1) is 11.3. The molecule has 130 valence electrons.